The van der Waals surface area contributed by atoms with Crippen LogP contribution in [0.15, 0.2) is 12.2 Å². The first-order valence-electron chi connectivity index (χ1n) is 12.1. The van der Waals surface area contributed by atoms with E-state index < -0.39 is 11.8 Å². The number of hydrogen-bond donors (Lipinski definition) is 0. The second-order valence-corrected chi connectivity index (χ2v) is 8.70. The van der Waals surface area contributed by atoms with Crippen molar-refractivity contribution in [2.75, 3.05) is 6.61 Å². The minimum Gasteiger partial charge on any atom is -0.465 e. The summed E-state index contributed by atoms with van der Waals surface area (Å²) in [7, 11) is 0. The van der Waals surface area contributed by atoms with Gasteiger partial charge >= 0.3 is 11.9 Å². The minimum absolute atomic E-state index is 0.161. The molecule has 4 heteroatoms. The van der Waals surface area contributed by atoms with E-state index in [0.717, 1.165) is 12.8 Å². The van der Waals surface area contributed by atoms with E-state index in [9.17, 15) is 9.59 Å². The third-order valence-corrected chi connectivity index (χ3v) is 5.63. The molecular weight excluding hydrogens is 364 g/mol. The van der Waals surface area contributed by atoms with Crippen LogP contribution in [0.25, 0.3) is 0 Å². The molecule has 29 heavy (non-hydrogen) atoms. The molecule has 2 atom stereocenters. The fourth-order valence-electron chi connectivity index (χ4n) is 3.88. The number of ether oxygens (including phenoxy) is 2. The van der Waals surface area contributed by atoms with Crippen molar-refractivity contribution in [1.82, 2.24) is 0 Å². The van der Waals surface area contributed by atoms with Crippen LogP contribution in [-0.2, 0) is 19.1 Å². The number of allylic oxidation sites excluding steroid dienone is 2. The summed E-state index contributed by atoms with van der Waals surface area (Å²) < 4.78 is 10.8. The Labute approximate surface area is 178 Å². The van der Waals surface area contributed by atoms with Gasteiger partial charge in [-0.05, 0) is 33.1 Å². The maximum atomic E-state index is 12.4. The predicted octanol–water partition coefficient (Wildman–Crippen LogP) is 6.76. The van der Waals surface area contributed by atoms with Crippen molar-refractivity contribution in [3.63, 3.8) is 0 Å². The summed E-state index contributed by atoms with van der Waals surface area (Å²) in [5, 5.41) is 0. The zero-order valence-corrected chi connectivity index (χ0v) is 19.1. The zero-order valence-electron chi connectivity index (χ0n) is 19.1. The molecule has 168 valence electrons. The summed E-state index contributed by atoms with van der Waals surface area (Å²) in [4.78, 5) is 24.7. The largest absolute Gasteiger partial charge is 0.465 e. The molecular formula is C25H44O4. The third kappa shape index (κ3) is 12.1. The van der Waals surface area contributed by atoms with Gasteiger partial charge in [0, 0.05) is 0 Å². The highest BCUT2D eigenvalue weighted by Crippen LogP contribution is 2.28. The first-order valence-corrected chi connectivity index (χ1v) is 12.1. The summed E-state index contributed by atoms with van der Waals surface area (Å²) in [6.07, 6.45) is 20.3. The van der Waals surface area contributed by atoms with Crippen LogP contribution in [0.1, 0.15) is 111 Å². The highest BCUT2D eigenvalue weighted by molar-refractivity contribution is 5.82. The molecule has 0 radical (unpaired) electrons. The van der Waals surface area contributed by atoms with Gasteiger partial charge < -0.3 is 9.47 Å². The van der Waals surface area contributed by atoms with Crippen LogP contribution < -0.4 is 0 Å². The lowest BCUT2D eigenvalue weighted by atomic mass is 9.83. The third-order valence-electron chi connectivity index (χ3n) is 5.63. The van der Waals surface area contributed by atoms with Crippen molar-refractivity contribution in [3.8, 4) is 0 Å². The molecule has 0 N–H and O–H groups in total. The highest BCUT2D eigenvalue weighted by Gasteiger charge is 2.36. The maximum Gasteiger partial charge on any atom is 0.310 e. The molecule has 1 rings (SSSR count). The van der Waals surface area contributed by atoms with E-state index in [0.29, 0.717) is 19.4 Å². The molecule has 0 saturated carbocycles. The van der Waals surface area contributed by atoms with Gasteiger partial charge in [0.05, 0.1) is 24.5 Å². The average molecular weight is 409 g/mol. The fraction of sp³-hybridized carbons (Fsp3) is 0.840. The quantitative estimate of drug-likeness (QED) is 0.161. The smallest absolute Gasteiger partial charge is 0.310 e. The van der Waals surface area contributed by atoms with E-state index in [4.69, 9.17) is 9.47 Å². The second-order valence-electron chi connectivity index (χ2n) is 8.70. The molecule has 0 aromatic heterocycles. The first-order chi connectivity index (χ1) is 14.1. The SMILES string of the molecule is CCCCCCCCCCCCCCOC(=O)C1CC=CCC1C(=O)OC(C)C. The van der Waals surface area contributed by atoms with Gasteiger partial charge in [-0.3, -0.25) is 9.59 Å². The van der Waals surface area contributed by atoms with Gasteiger partial charge in [0.15, 0.2) is 0 Å². The summed E-state index contributed by atoms with van der Waals surface area (Å²) in [5.41, 5.74) is 0. The molecule has 1 aliphatic carbocycles. The summed E-state index contributed by atoms with van der Waals surface area (Å²) in [5.74, 6) is -1.33. The molecule has 0 aromatic carbocycles. The Bertz CT molecular complexity index is 469. The number of carbonyl (C=O) groups is 2. The molecule has 0 aromatic rings. The van der Waals surface area contributed by atoms with E-state index in [2.05, 4.69) is 6.92 Å². The monoisotopic (exact) mass is 408 g/mol. The Morgan fingerprint density at radius 3 is 1.69 bits per heavy atom. The molecule has 4 nitrogen and oxygen atoms in total. The van der Waals surface area contributed by atoms with Gasteiger partial charge in [0.2, 0.25) is 0 Å². The molecule has 0 saturated heterocycles. The summed E-state index contributed by atoms with van der Waals surface area (Å²) >= 11 is 0. The van der Waals surface area contributed by atoms with Crippen LogP contribution in [0.3, 0.4) is 0 Å². The second kappa shape index (κ2) is 16.5. The van der Waals surface area contributed by atoms with Gasteiger partial charge in [0.1, 0.15) is 0 Å². The van der Waals surface area contributed by atoms with Crippen molar-refractivity contribution in [2.45, 2.75) is 117 Å². The molecule has 0 heterocycles. The molecule has 1 aliphatic rings. The van der Waals surface area contributed by atoms with Crippen molar-refractivity contribution in [2.24, 2.45) is 11.8 Å². The van der Waals surface area contributed by atoms with Gasteiger partial charge in [-0.15, -0.1) is 0 Å². The molecule has 2 unspecified atom stereocenters. The normalized spacial score (nSPS) is 18.8. The van der Waals surface area contributed by atoms with Crippen LogP contribution in [0.5, 0.6) is 0 Å². The summed E-state index contributed by atoms with van der Waals surface area (Å²) in [6.45, 7) is 6.38. The Hall–Kier alpha value is -1.32. The number of carbonyl (C=O) groups excluding carboxylic acids is 2. The maximum absolute atomic E-state index is 12.4. The molecule has 0 spiro atoms. The Morgan fingerprint density at radius 1 is 0.759 bits per heavy atom. The Morgan fingerprint density at radius 2 is 1.21 bits per heavy atom. The van der Waals surface area contributed by atoms with Gasteiger partial charge in [0.25, 0.3) is 0 Å². The van der Waals surface area contributed by atoms with E-state index >= 15 is 0 Å². The first kappa shape index (κ1) is 25.7. The lowest BCUT2D eigenvalue weighted by molar-refractivity contribution is -0.163. The topological polar surface area (TPSA) is 52.6 Å². The number of rotatable bonds is 16. The zero-order chi connectivity index (χ0) is 21.3. The van der Waals surface area contributed by atoms with E-state index in [1.807, 2.05) is 26.0 Å². The van der Waals surface area contributed by atoms with E-state index in [1.54, 1.807) is 0 Å². The molecule has 0 bridgehead atoms. The standard InChI is InChI=1S/C25H44O4/c1-4-5-6-7-8-9-10-11-12-13-14-17-20-28-24(26)22-18-15-16-19-23(22)25(27)29-21(2)3/h15-16,21-23H,4-14,17-20H2,1-3H3. The molecule has 0 fully saturated rings. The Balaban J connectivity index is 2.06. The number of unbranched alkanes of at least 4 members (excludes halogenated alkanes) is 11. The van der Waals surface area contributed by atoms with Crippen molar-refractivity contribution in [1.29, 1.82) is 0 Å². The van der Waals surface area contributed by atoms with Gasteiger partial charge in [-0.1, -0.05) is 89.7 Å². The predicted molar refractivity (Wildman–Crippen MR) is 119 cm³/mol. The van der Waals surface area contributed by atoms with E-state index in [-0.39, 0.29) is 18.0 Å². The van der Waals surface area contributed by atoms with Crippen LogP contribution in [0.4, 0.5) is 0 Å². The van der Waals surface area contributed by atoms with Crippen LogP contribution >= 0.6 is 0 Å². The number of esters is 2. The van der Waals surface area contributed by atoms with Gasteiger partial charge in [-0.25, -0.2) is 0 Å². The average Bonchev–Trinajstić information content (AvgIpc) is 2.70. The van der Waals surface area contributed by atoms with Crippen molar-refractivity contribution < 1.29 is 19.1 Å². The number of hydrogen-bond acceptors (Lipinski definition) is 4. The highest BCUT2D eigenvalue weighted by atomic mass is 16.5. The minimum atomic E-state index is -0.406. The van der Waals surface area contributed by atoms with Crippen molar-refractivity contribution >= 4 is 11.9 Å². The van der Waals surface area contributed by atoms with E-state index in [1.165, 1.54) is 64.2 Å². The van der Waals surface area contributed by atoms with Crippen LogP contribution in [-0.4, -0.2) is 24.6 Å². The van der Waals surface area contributed by atoms with Gasteiger partial charge in [-0.2, -0.15) is 0 Å². The lowest BCUT2D eigenvalue weighted by Crippen LogP contribution is -2.34. The lowest BCUT2D eigenvalue weighted by Gasteiger charge is -2.26. The Kier molecular flexibility index (Phi) is 14.6. The summed E-state index contributed by atoms with van der Waals surface area (Å²) in [6, 6.07) is 0. The molecule has 0 aliphatic heterocycles. The van der Waals surface area contributed by atoms with Crippen molar-refractivity contribution in [3.05, 3.63) is 12.2 Å². The van der Waals surface area contributed by atoms with Crippen LogP contribution in [0, 0.1) is 11.8 Å². The molecule has 0 amide bonds. The van der Waals surface area contributed by atoms with Crippen LogP contribution in [0.2, 0.25) is 0 Å². The fourth-order valence-corrected chi connectivity index (χ4v) is 3.88.